The Balaban J connectivity index is 1.19. The highest BCUT2D eigenvalue weighted by Gasteiger charge is 2.44. The fourth-order valence-corrected chi connectivity index (χ4v) is 14.7. The average Bonchev–Trinajstić information content (AvgIpc) is 4.11. The molecule has 8 heteroatoms. The van der Waals surface area contributed by atoms with E-state index in [2.05, 4.69) is 166 Å². The first-order chi connectivity index (χ1) is 35.2. The normalized spacial score (nSPS) is 15.5. The highest BCUT2D eigenvalue weighted by atomic mass is 32.2. The maximum atomic E-state index is 13.5. The van der Waals surface area contributed by atoms with Crippen molar-refractivity contribution in [1.29, 1.82) is 0 Å². The highest BCUT2D eigenvalue weighted by Crippen LogP contribution is 2.58. The maximum absolute atomic E-state index is 13.5. The van der Waals surface area contributed by atoms with Crippen LogP contribution in [0.15, 0.2) is 133 Å². The molecule has 1 N–H and O–H groups in total. The van der Waals surface area contributed by atoms with Crippen molar-refractivity contribution in [2.45, 2.75) is 155 Å². The van der Waals surface area contributed by atoms with Crippen LogP contribution in [0.25, 0.3) is 38.8 Å². The second-order valence-electron chi connectivity index (χ2n) is 20.3. The fourth-order valence-electron chi connectivity index (χ4n) is 12.2. The van der Waals surface area contributed by atoms with Gasteiger partial charge in [0.1, 0.15) is 0 Å². The Labute approximate surface area is 443 Å². The second-order valence-corrected chi connectivity index (χ2v) is 23.1. The van der Waals surface area contributed by atoms with Gasteiger partial charge in [-0.05, 0) is 149 Å². The molecular formula is C64H72N2O3S3. The molecule has 1 saturated heterocycles. The summed E-state index contributed by atoms with van der Waals surface area (Å²) in [6, 6.07) is 44.8. The minimum Gasteiger partial charge on any atom is -0.322 e. The monoisotopic (exact) mass is 1010 g/mol. The van der Waals surface area contributed by atoms with E-state index in [0.29, 0.717) is 4.91 Å². The van der Waals surface area contributed by atoms with Gasteiger partial charge in [0, 0.05) is 37.6 Å². The van der Waals surface area contributed by atoms with Crippen molar-refractivity contribution in [3.05, 3.63) is 165 Å². The Morgan fingerprint density at radius 2 is 1.11 bits per heavy atom. The zero-order chi connectivity index (χ0) is 50.4. The van der Waals surface area contributed by atoms with E-state index < -0.39 is 0 Å². The predicted octanol–water partition coefficient (Wildman–Crippen LogP) is 19.5. The number of hydrogen-bond donors (Lipinski definition) is 1. The molecule has 0 unspecified atom stereocenters. The molecule has 5 aromatic carbocycles. The molecule has 3 aliphatic rings. The molecule has 72 heavy (non-hydrogen) atoms. The number of amides is 1. The van der Waals surface area contributed by atoms with Gasteiger partial charge >= 0.3 is 0 Å². The molecule has 2 heterocycles. The van der Waals surface area contributed by atoms with Gasteiger partial charge in [-0.2, -0.15) is 0 Å². The standard InChI is InChI=1S/C64H72N2O3S3/c1-7-12-17-18-23-46-40-50(43-59-61(67)65(44(6)69-68)62(70)72-59)71-60(46)45-28-30-47(31-29-45)66(48-32-34-53-51-24-19-21-26-55(51)63(36-13-8-2,37-14-9-3)57(53)41-48)49-33-35-54-52-25-20-22-27-56(52)64(38-15-10-4,39-16-11-5)58(54)42-49/h19-22,24-35,40-43,68H,6-18,23,36-39H2,1-5H3/b59-43-. The topological polar surface area (TPSA) is 53.0 Å². The van der Waals surface area contributed by atoms with Gasteiger partial charge in [-0.3, -0.25) is 4.79 Å². The average molecular weight is 1010 g/mol. The smallest absolute Gasteiger partial charge is 0.273 e. The summed E-state index contributed by atoms with van der Waals surface area (Å²) in [6.07, 6.45) is 21.5. The van der Waals surface area contributed by atoms with Crippen LogP contribution in [0.1, 0.15) is 170 Å². The minimum absolute atomic E-state index is 0.0381. The molecule has 6 aromatic rings. The third-order valence-corrected chi connectivity index (χ3v) is 18.3. The van der Waals surface area contributed by atoms with Crippen LogP contribution in [-0.2, 0) is 26.9 Å². The molecule has 0 atom stereocenters. The van der Waals surface area contributed by atoms with Crippen LogP contribution in [0.2, 0.25) is 0 Å². The summed E-state index contributed by atoms with van der Waals surface area (Å²) in [5, 5.41) is 9.29. The molecule has 2 aliphatic carbocycles. The van der Waals surface area contributed by atoms with Gasteiger partial charge in [0.2, 0.25) is 5.88 Å². The molecule has 1 fully saturated rings. The molecule has 0 spiro atoms. The van der Waals surface area contributed by atoms with Crippen molar-refractivity contribution >= 4 is 68.7 Å². The second kappa shape index (κ2) is 22.9. The van der Waals surface area contributed by atoms with E-state index in [1.54, 1.807) is 11.3 Å². The van der Waals surface area contributed by atoms with Crippen molar-refractivity contribution in [2.75, 3.05) is 4.90 Å². The number of rotatable bonds is 24. The van der Waals surface area contributed by atoms with Gasteiger partial charge in [0.25, 0.3) is 5.91 Å². The molecule has 0 radical (unpaired) electrons. The highest BCUT2D eigenvalue weighted by molar-refractivity contribution is 8.26. The van der Waals surface area contributed by atoms with Crippen LogP contribution in [0.3, 0.4) is 0 Å². The molecular weight excluding hydrogens is 941 g/mol. The number of benzene rings is 5. The Morgan fingerprint density at radius 1 is 0.625 bits per heavy atom. The Kier molecular flexibility index (Phi) is 16.4. The van der Waals surface area contributed by atoms with Crippen LogP contribution in [0.5, 0.6) is 0 Å². The van der Waals surface area contributed by atoms with Crippen molar-refractivity contribution in [3.8, 4) is 32.7 Å². The first kappa shape index (κ1) is 51.6. The largest absolute Gasteiger partial charge is 0.322 e. The Bertz CT molecular complexity index is 2830. The third-order valence-electron chi connectivity index (χ3n) is 15.8. The van der Waals surface area contributed by atoms with Gasteiger partial charge in [-0.1, -0.05) is 202 Å². The lowest BCUT2D eigenvalue weighted by molar-refractivity contribution is -0.217. The van der Waals surface area contributed by atoms with Crippen LogP contribution < -0.4 is 4.90 Å². The van der Waals surface area contributed by atoms with E-state index in [9.17, 15) is 10.1 Å². The van der Waals surface area contributed by atoms with Gasteiger partial charge in [-0.25, -0.2) is 10.2 Å². The molecule has 0 saturated carbocycles. The van der Waals surface area contributed by atoms with Crippen LogP contribution in [0.4, 0.5) is 17.1 Å². The summed E-state index contributed by atoms with van der Waals surface area (Å²) >= 11 is 8.40. The Morgan fingerprint density at radius 3 is 1.61 bits per heavy atom. The molecule has 9 rings (SSSR count). The number of carbonyl (C=O) groups is 1. The number of thiocarbonyl (C=S) groups is 1. The van der Waals surface area contributed by atoms with Crippen molar-refractivity contribution in [2.24, 2.45) is 0 Å². The summed E-state index contributed by atoms with van der Waals surface area (Å²) in [6.45, 7) is 15.3. The Hall–Kier alpha value is -5.25. The number of nitrogens with zero attached hydrogens (tertiary/aromatic N) is 2. The number of hydrogen-bond acceptors (Lipinski definition) is 7. The number of thiophene rings is 1. The fraction of sp³-hybridized carbons (Fsp3) is 0.375. The molecule has 374 valence electrons. The molecule has 5 nitrogen and oxygen atoms in total. The zero-order valence-electron chi connectivity index (χ0n) is 43.2. The third kappa shape index (κ3) is 9.70. The SMILES string of the molecule is C=C(OO)N1C(=O)/C(=C/c2cc(CCCCCC)c(-c3ccc(N(c4ccc5c(c4)C(CCCC)(CCCC)c4ccccc4-5)c4ccc5c(c4)C(CCCC)(CCCC)c4ccccc4-5)cc3)s2)SC1=S. The molecule has 1 aromatic heterocycles. The first-order valence-corrected chi connectivity index (χ1v) is 29.0. The van der Waals surface area contributed by atoms with Crippen molar-refractivity contribution < 1.29 is 14.9 Å². The van der Waals surface area contributed by atoms with E-state index in [1.165, 1.54) is 149 Å². The van der Waals surface area contributed by atoms with E-state index in [4.69, 9.17) is 12.2 Å². The van der Waals surface area contributed by atoms with Gasteiger partial charge in [0.05, 0.1) is 4.91 Å². The summed E-state index contributed by atoms with van der Waals surface area (Å²) in [7, 11) is 0. The van der Waals surface area contributed by atoms with Gasteiger partial charge < -0.3 is 9.79 Å². The number of aryl methyl sites for hydroxylation is 1. The number of carbonyl (C=O) groups excluding carboxylic acids is 1. The summed E-state index contributed by atoms with van der Waals surface area (Å²) in [5.41, 5.74) is 17.4. The number of fused-ring (bicyclic) bond motifs is 6. The zero-order valence-corrected chi connectivity index (χ0v) is 45.6. The number of unbranched alkanes of at least 4 members (excludes halogenated alkanes) is 7. The van der Waals surface area contributed by atoms with E-state index in [0.717, 1.165) is 59.6 Å². The molecule has 1 amide bonds. The van der Waals surface area contributed by atoms with Crippen LogP contribution in [0, 0.1) is 0 Å². The lowest BCUT2D eigenvalue weighted by atomic mass is 9.70. The quantitative estimate of drug-likeness (QED) is 0.0163. The summed E-state index contributed by atoms with van der Waals surface area (Å²) < 4.78 is 0.281. The number of anilines is 3. The first-order valence-electron chi connectivity index (χ1n) is 27.0. The molecule has 1 aliphatic heterocycles. The van der Waals surface area contributed by atoms with Crippen LogP contribution in [-0.4, -0.2) is 20.4 Å². The number of thioether (sulfide) groups is 1. The molecule has 0 bridgehead atoms. The van der Waals surface area contributed by atoms with Gasteiger partial charge in [0.15, 0.2) is 4.32 Å². The predicted molar refractivity (Wildman–Crippen MR) is 311 cm³/mol. The lowest BCUT2D eigenvalue weighted by Gasteiger charge is -2.35. The summed E-state index contributed by atoms with van der Waals surface area (Å²) in [4.78, 5) is 24.1. The summed E-state index contributed by atoms with van der Waals surface area (Å²) in [5.74, 6) is -0.548. The van der Waals surface area contributed by atoms with E-state index in [-0.39, 0.29) is 26.9 Å². The van der Waals surface area contributed by atoms with Crippen molar-refractivity contribution in [1.82, 2.24) is 4.90 Å². The minimum atomic E-state index is -0.347. The van der Waals surface area contributed by atoms with E-state index >= 15 is 0 Å². The van der Waals surface area contributed by atoms with E-state index in [1.807, 2.05) is 6.08 Å². The van der Waals surface area contributed by atoms with Crippen molar-refractivity contribution in [3.63, 3.8) is 0 Å². The lowest BCUT2D eigenvalue weighted by Crippen LogP contribution is -2.27. The maximum Gasteiger partial charge on any atom is 0.273 e. The van der Waals surface area contributed by atoms with Gasteiger partial charge in [-0.15, -0.1) is 11.3 Å². The van der Waals surface area contributed by atoms with Crippen LogP contribution >= 0.6 is 35.3 Å².